The van der Waals surface area contributed by atoms with Crippen molar-refractivity contribution in [2.45, 2.75) is 76.7 Å². The zero-order valence-corrected chi connectivity index (χ0v) is 12.5. The van der Waals surface area contributed by atoms with Crippen LogP contribution in [0.25, 0.3) is 0 Å². The van der Waals surface area contributed by atoms with Gasteiger partial charge in [0.05, 0.1) is 6.10 Å². The average Bonchev–Trinajstić information content (AvgIpc) is 2.46. The Hall–Kier alpha value is -0.180. The minimum Gasteiger partial charge on any atom is -0.390 e. The lowest BCUT2D eigenvalue weighted by molar-refractivity contribution is -0.0854. The first-order valence-electron chi connectivity index (χ1n) is 8.52. The molecular formula is C17H28F2O. The third-order valence-corrected chi connectivity index (χ3v) is 6.44. The van der Waals surface area contributed by atoms with Crippen LogP contribution in [0.1, 0.15) is 58.3 Å². The van der Waals surface area contributed by atoms with E-state index in [4.69, 9.17) is 0 Å². The van der Waals surface area contributed by atoms with Crippen LogP contribution in [-0.2, 0) is 0 Å². The summed E-state index contributed by atoms with van der Waals surface area (Å²) >= 11 is 0. The molecule has 0 aromatic carbocycles. The average molecular weight is 286 g/mol. The summed E-state index contributed by atoms with van der Waals surface area (Å²) in [7, 11) is 0. The molecule has 6 unspecified atom stereocenters. The van der Waals surface area contributed by atoms with Crippen molar-refractivity contribution in [2.75, 3.05) is 0 Å². The van der Waals surface area contributed by atoms with Crippen molar-refractivity contribution in [3.8, 4) is 0 Å². The molecule has 1 nitrogen and oxygen atoms in total. The third kappa shape index (κ3) is 2.75. The molecule has 0 amide bonds. The largest absolute Gasteiger partial charge is 0.390 e. The van der Waals surface area contributed by atoms with Crippen LogP contribution >= 0.6 is 0 Å². The predicted molar refractivity (Wildman–Crippen MR) is 75.9 cm³/mol. The summed E-state index contributed by atoms with van der Waals surface area (Å²) in [6.45, 7) is 2.32. The minimum atomic E-state index is -1.65. The molecule has 1 N–H and O–H groups in total. The molecule has 6 atom stereocenters. The highest BCUT2D eigenvalue weighted by Crippen LogP contribution is 2.49. The van der Waals surface area contributed by atoms with Gasteiger partial charge < -0.3 is 5.11 Å². The zero-order valence-electron chi connectivity index (χ0n) is 12.5. The zero-order chi connectivity index (χ0) is 14.3. The highest BCUT2D eigenvalue weighted by molar-refractivity contribution is 4.97. The van der Waals surface area contributed by atoms with E-state index in [1.165, 1.54) is 25.7 Å². The number of aliphatic hydroxyl groups is 1. The molecule has 0 aliphatic heterocycles. The van der Waals surface area contributed by atoms with Gasteiger partial charge in [-0.1, -0.05) is 19.8 Å². The summed E-state index contributed by atoms with van der Waals surface area (Å²) in [5.74, 6) is 2.27. The van der Waals surface area contributed by atoms with Gasteiger partial charge in [0.15, 0.2) is 6.17 Å². The monoisotopic (exact) mass is 286 g/mol. The van der Waals surface area contributed by atoms with Gasteiger partial charge in [0, 0.05) is 0 Å². The number of hydrogen-bond acceptors (Lipinski definition) is 1. The Kier molecular flexibility index (Phi) is 4.35. The van der Waals surface area contributed by atoms with E-state index in [1.54, 1.807) is 0 Å². The van der Waals surface area contributed by atoms with E-state index in [1.807, 2.05) is 0 Å². The maximum absolute atomic E-state index is 14.2. The molecular weight excluding hydrogens is 258 g/mol. The summed E-state index contributed by atoms with van der Waals surface area (Å²) in [6, 6.07) is 0. The van der Waals surface area contributed by atoms with E-state index in [9.17, 15) is 13.9 Å². The Labute approximate surface area is 121 Å². The minimum absolute atomic E-state index is 0.133. The van der Waals surface area contributed by atoms with Gasteiger partial charge in [-0.25, -0.2) is 8.78 Å². The van der Waals surface area contributed by atoms with Gasteiger partial charge in [-0.15, -0.1) is 0 Å². The molecule has 116 valence electrons. The summed E-state index contributed by atoms with van der Waals surface area (Å²) in [5.41, 5.74) is 0. The number of aliphatic hydroxyl groups excluding tert-OH is 1. The smallest absolute Gasteiger partial charge is 0.157 e. The van der Waals surface area contributed by atoms with Crippen molar-refractivity contribution in [2.24, 2.45) is 29.6 Å². The van der Waals surface area contributed by atoms with E-state index in [0.29, 0.717) is 12.3 Å². The van der Waals surface area contributed by atoms with Gasteiger partial charge in [0.1, 0.15) is 6.17 Å². The molecule has 3 fully saturated rings. The van der Waals surface area contributed by atoms with Crippen molar-refractivity contribution in [3.05, 3.63) is 0 Å². The lowest BCUT2D eigenvalue weighted by atomic mass is 9.61. The van der Waals surface area contributed by atoms with Crippen LogP contribution < -0.4 is 0 Å². The van der Waals surface area contributed by atoms with Gasteiger partial charge in [-0.3, -0.25) is 0 Å². The molecule has 0 heterocycles. The molecule has 0 spiro atoms. The fraction of sp³-hybridized carbons (Fsp3) is 1.00. The van der Waals surface area contributed by atoms with Crippen LogP contribution in [0.15, 0.2) is 0 Å². The lowest BCUT2D eigenvalue weighted by Crippen LogP contribution is -2.49. The number of halogens is 2. The van der Waals surface area contributed by atoms with Crippen LogP contribution in [0, 0.1) is 29.6 Å². The summed E-state index contributed by atoms with van der Waals surface area (Å²) < 4.78 is 28.0. The fourth-order valence-electron chi connectivity index (χ4n) is 5.06. The summed E-state index contributed by atoms with van der Waals surface area (Å²) in [4.78, 5) is 0. The van der Waals surface area contributed by atoms with E-state index < -0.39 is 18.4 Å². The first-order valence-corrected chi connectivity index (χ1v) is 8.52. The van der Waals surface area contributed by atoms with E-state index in [2.05, 4.69) is 6.92 Å². The Balaban J connectivity index is 1.62. The van der Waals surface area contributed by atoms with Gasteiger partial charge >= 0.3 is 0 Å². The molecule has 20 heavy (non-hydrogen) atoms. The molecule has 0 aromatic heterocycles. The highest BCUT2D eigenvalue weighted by Gasteiger charge is 2.48. The highest BCUT2D eigenvalue weighted by atomic mass is 19.2. The van der Waals surface area contributed by atoms with Gasteiger partial charge in [0.25, 0.3) is 0 Å². The molecule has 3 saturated carbocycles. The first kappa shape index (κ1) is 14.7. The molecule has 0 saturated heterocycles. The molecule has 0 radical (unpaired) electrons. The Morgan fingerprint density at radius 1 is 0.750 bits per heavy atom. The third-order valence-electron chi connectivity index (χ3n) is 6.44. The Morgan fingerprint density at radius 2 is 1.35 bits per heavy atom. The number of rotatable bonds is 1. The SMILES string of the molecule is CC1CCC(C2CCC3CC(O)C(F)C(F)C3C2)CC1. The van der Waals surface area contributed by atoms with Crippen LogP contribution in [-0.4, -0.2) is 23.6 Å². The van der Waals surface area contributed by atoms with Gasteiger partial charge in [-0.05, 0) is 68.1 Å². The van der Waals surface area contributed by atoms with Crippen molar-refractivity contribution in [1.29, 1.82) is 0 Å². The molecule has 0 aromatic rings. The first-order chi connectivity index (χ1) is 9.56. The summed E-state index contributed by atoms with van der Waals surface area (Å²) in [6.07, 6.45) is 4.50. The van der Waals surface area contributed by atoms with Crippen LogP contribution in [0.4, 0.5) is 8.78 Å². The topological polar surface area (TPSA) is 20.2 Å². The standard InChI is InChI=1S/C17H28F2O/c1-10-2-4-11(5-3-10)12-6-7-13-9-15(20)17(19)16(18)14(13)8-12/h10-17,20H,2-9H2,1H3. The second-order valence-electron chi connectivity index (χ2n) is 7.71. The second kappa shape index (κ2) is 5.90. The number of fused-ring (bicyclic) bond motifs is 1. The Bertz CT molecular complexity index is 325. The molecule has 3 rings (SSSR count). The fourth-order valence-corrected chi connectivity index (χ4v) is 5.06. The van der Waals surface area contributed by atoms with Crippen molar-refractivity contribution in [1.82, 2.24) is 0 Å². The van der Waals surface area contributed by atoms with Crippen molar-refractivity contribution in [3.63, 3.8) is 0 Å². The normalized spacial score (nSPS) is 53.4. The quantitative estimate of drug-likeness (QED) is 0.762. The van der Waals surface area contributed by atoms with Crippen molar-refractivity contribution < 1.29 is 13.9 Å². The lowest BCUT2D eigenvalue weighted by Gasteiger charge is -2.46. The van der Waals surface area contributed by atoms with Gasteiger partial charge in [-0.2, -0.15) is 0 Å². The van der Waals surface area contributed by atoms with Crippen LogP contribution in [0.3, 0.4) is 0 Å². The van der Waals surface area contributed by atoms with E-state index >= 15 is 0 Å². The van der Waals surface area contributed by atoms with Crippen molar-refractivity contribution >= 4 is 0 Å². The summed E-state index contributed by atoms with van der Waals surface area (Å²) in [5, 5.41) is 9.62. The molecule has 3 aliphatic rings. The number of alkyl halides is 2. The predicted octanol–water partition coefficient (Wildman–Crippen LogP) is 4.29. The van der Waals surface area contributed by atoms with Crippen LogP contribution in [0.5, 0.6) is 0 Å². The molecule has 0 bridgehead atoms. The maximum atomic E-state index is 14.2. The molecule has 3 aliphatic carbocycles. The number of hydrogen-bond donors (Lipinski definition) is 1. The second-order valence-corrected chi connectivity index (χ2v) is 7.71. The maximum Gasteiger partial charge on any atom is 0.157 e. The molecule has 3 heteroatoms. The van der Waals surface area contributed by atoms with Crippen LogP contribution in [0.2, 0.25) is 0 Å². The van der Waals surface area contributed by atoms with Gasteiger partial charge in [0.2, 0.25) is 0 Å². The van der Waals surface area contributed by atoms with E-state index in [0.717, 1.165) is 31.1 Å². The Morgan fingerprint density at radius 3 is 2.05 bits per heavy atom. The van der Waals surface area contributed by atoms with E-state index in [-0.39, 0.29) is 11.8 Å².